The van der Waals surface area contributed by atoms with Crippen LogP contribution in [-0.2, 0) is 6.42 Å². The van der Waals surface area contributed by atoms with Crippen molar-refractivity contribution < 1.29 is 0 Å². The molecule has 1 aliphatic rings. The Bertz CT molecular complexity index is 650. The molecular formula is C15H13BrCl2N2. The van der Waals surface area contributed by atoms with Gasteiger partial charge in [-0.1, -0.05) is 45.2 Å². The molecule has 5 heteroatoms. The number of nitrogen functional groups attached to an aromatic ring is 1. The van der Waals surface area contributed by atoms with Crippen molar-refractivity contribution in [2.24, 2.45) is 0 Å². The fourth-order valence-corrected chi connectivity index (χ4v) is 3.96. The van der Waals surface area contributed by atoms with Crippen LogP contribution < -0.4 is 11.1 Å². The third-order valence-corrected chi connectivity index (χ3v) is 4.62. The highest BCUT2D eigenvalue weighted by Gasteiger charge is 2.23. The number of nitrogens with two attached hydrogens (primary N) is 1. The first-order chi connectivity index (χ1) is 9.54. The molecule has 104 valence electrons. The number of benzene rings is 2. The summed E-state index contributed by atoms with van der Waals surface area (Å²) in [6.07, 6.45) is 2.03. The van der Waals surface area contributed by atoms with Gasteiger partial charge in [0.1, 0.15) is 0 Å². The van der Waals surface area contributed by atoms with Crippen LogP contribution in [0.3, 0.4) is 0 Å². The van der Waals surface area contributed by atoms with Crippen molar-refractivity contribution in [2.75, 3.05) is 11.1 Å². The van der Waals surface area contributed by atoms with Gasteiger partial charge in [0, 0.05) is 10.2 Å². The maximum absolute atomic E-state index is 6.27. The predicted molar refractivity (Wildman–Crippen MR) is 89.7 cm³/mol. The zero-order valence-electron chi connectivity index (χ0n) is 10.6. The van der Waals surface area contributed by atoms with Crippen molar-refractivity contribution in [3.05, 3.63) is 56.0 Å². The molecular weight excluding hydrogens is 359 g/mol. The van der Waals surface area contributed by atoms with Gasteiger partial charge in [-0.05, 0) is 48.2 Å². The number of anilines is 2. The summed E-state index contributed by atoms with van der Waals surface area (Å²) < 4.78 is 0.873. The number of rotatable bonds is 2. The molecule has 0 spiro atoms. The Balaban J connectivity index is 1.91. The Labute approximate surface area is 136 Å². The lowest BCUT2D eigenvalue weighted by Crippen LogP contribution is -2.08. The molecule has 3 N–H and O–H groups in total. The standard InChI is InChI=1S/C15H13BrCl2N2/c16-9-6-12(17)15(13(18)7-9)20-14-4-1-8-5-10(19)2-3-11(8)14/h2-3,5-7,14,20H,1,4,19H2. The molecule has 0 aromatic heterocycles. The minimum absolute atomic E-state index is 0.224. The van der Waals surface area contributed by atoms with Gasteiger partial charge in [-0.15, -0.1) is 0 Å². The zero-order valence-corrected chi connectivity index (χ0v) is 13.7. The lowest BCUT2D eigenvalue weighted by molar-refractivity contribution is 0.762. The Morgan fingerprint density at radius 1 is 1.15 bits per heavy atom. The molecule has 0 saturated carbocycles. The number of fused-ring (bicyclic) bond motifs is 1. The lowest BCUT2D eigenvalue weighted by atomic mass is 10.1. The summed E-state index contributed by atoms with van der Waals surface area (Å²) >= 11 is 15.9. The van der Waals surface area contributed by atoms with E-state index in [1.54, 1.807) is 0 Å². The average molecular weight is 372 g/mol. The summed E-state index contributed by atoms with van der Waals surface area (Å²) in [6.45, 7) is 0. The van der Waals surface area contributed by atoms with Crippen molar-refractivity contribution in [3.63, 3.8) is 0 Å². The summed E-state index contributed by atoms with van der Waals surface area (Å²) in [7, 11) is 0. The van der Waals surface area contributed by atoms with Gasteiger partial charge in [0.2, 0.25) is 0 Å². The van der Waals surface area contributed by atoms with Crippen LogP contribution in [0.4, 0.5) is 11.4 Å². The van der Waals surface area contributed by atoms with Crippen molar-refractivity contribution in [1.82, 2.24) is 0 Å². The molecule has 0 saturated heterocycles. The van der Waals surface area contributed by atoms with Gasteiger partial charge < -0.3 is 11.1 Å². The third-order valence-electron chi connectivity index (χ3n) is 3.57. The third kappa shape index (κ3) is 2.62. The normalized spacial score (nSPS) is 17.1. The number of halogens is 3. The SMILES string of the molecule is Nc1ccc2c(c1)CCC2Nc1c(Cl)cc(Br)cc1Cl. The quantitative estimate of drug-likeness (QED) is 0.690. The molecule has 0 amide bonds. The van der Waals surface area contributed by atoms with Gasteiger partial charge >= 0.3 is 0 Å². The Morgan fingerprint density at radius 3 is 2.55 bits per heavy atom. The van der Waals surface area contributed by atoms with E-state index in [1.165, 1.54) is 11.1 Å². The highest BCUT2D eigenvalue weighted by atomic mass is 79.9. The van der Waals surface area contributed by atoms with Crippen LogP contribution in [0.25, 0.3) is 0 Å². The second kappa shape index (κ2) is 5.47. The van der Waals surface area contributed by atoms with Crippen molar-refractivity contribution in [3.8, 4) is 0 Å². The van der Waals surface area contributed by atoms with E-state index in [0.717, 1.165) is 28.7 Å². The molecule has 2 aromatic rings. The second-order valence-electron chi connectivity index (χ2n) is 4.94. The monoisotopic (exact) mass is 370 g/mol. The lowest BCUT2D eigenvalue weighted by Gasteiger charge is -2.18. The summed E-state index contributed by atoms with van der Waals surface area (Å²) in [5.41, 5.74) is 9.99. The van der Waals surface area contributed by atoms with E-state index in [4.69, 9.17) is 28.9 Å². The molecule has 0 fully saturated rings. The summed E-state index contributed by atoms with van der Waals surface area (Å²) in [6, 6.07) is 9.96. The van der Waals surface area contributed by atoms with E-state index in [0.29, 0.717) is 10.0 Å². The first kappa shape index (κ1) is 14.1. The van der Waals surface area contributed by atoms with Crippen molar-refractivity contribution >= 4 is 50.5 Å². The maximum atomic E-state index is 6.27. The van der Waals surface area contributed by atoms with Crippen LogP contribution in [0.1, 0.15) is 23.6 Å². The van der Waals surface area contributed by atoms with E-state index in [-0.39, 0.29) is 6.04 Å². The summed E-state index contributed by atoms with van der Waals surface area (Å²) in [4.78, 5) is 0. The summed E-state index contributed by atoms with van der Waals surface area (Å²) in [5, 5.41) is 4.69. The molecule has 2 aromatic carbocycles. The van der Waals surface area contributed by atoms with Crippen LogP contribution >= 0.6 is 39.1 Å². The predicted octanol–water partition coefficient (Wildman–Crippen LogP) is 5.44. The Kier molecular flexibility index (Phi) is 3.85. The van der Waals surface area contributed by atoms with Crippen LogP contribution in [0.5, 0.6) is 0 Å². The van der Waals surface area contributed by atoms with E-state index >= 15 is 0 Å². The fourth-order valence-electron chi connectivity index (χ4n) is 2.64. The Hall–Kier alpha value is -0.900. The molecule has 1 unspecified atom stereocenters. The van der Waals surface area contributed by atoms with Gasteiger partial charge in [0.05, 0.1) is 21.8 Å². The molecule has 0 bridgehead atoms. The molecule has 0 aliphatic heterocycles. The number of nitrogens with one attached hydrogen (secondary N) is 1. The van der Waals surface area contributed by atoms with E-state index in [2.05, 4.69) is 27.3 Å². The Morgan fingerprint density at radius 2 is 1.85 bits per heavy atom. The first-order valence-electron chi connectivity index (χ1n) is 6.34. The van der Waals surface area contributed by atoms with E-state index < -0.39 is 0 Å². The van der Waals surface area contributed by atoms with Crippen LogP contribution in [0.2, 0.25) is 10.0 Å². The molecule has 0 heterocycles. The smallest absolute Gasteiger partial charge is 0.0724 e. The van der Waals surface area contributed by atoms with Crippen molar-refractivity contribution in [1.29, 1.82) is 0 Å². The molecule has 1 atom stereocenters. The van der Waals surface area contributed by atoms with Gasteiger partial charge in [-0.2, -0.15) is 0 Å². The number of aryl methyl sites for hydroxylation is 1. The van der Waals surface area contributed by atoms with Gasteiger partial charge in [0.15, 0.2) is 0 Å². The average Bonchev–Trinajstić information content (AvgIpc) is 2.76. The highest BCUT2D eigenvalue weighted by Crippen LogP contribution is 2.40. The first-order valence-corrected chi connectivity index (χ1v) is 7.89. The molecule has 20 heavy (non-hydrogen) atoms. The fraction of sp³-hybridized carbons (Fsp3) is 0.200. The van der Waals surface area contributed by atoms with Gasteiger partial charge in [0.25, 0.3) is 0 Å². The highest BCUT2D eigenvalue weighted by molar-refractivity contribution is 9.10. The van der Waals surface area contributed by atoms with Crippen LogP contribution in [-0.4, -0.2) is 0 Å². The van der Waals surface area contributed by atoms with E-state index in [9.17, 15) is 0 Å². The van der Waals surface area contributed by atoms with Gasteiger partial charge in [-0.25, -0.2) is 0 Å². The minimum atomic E-state index is 0.224. The van der Waals surface area contributed by atoms with Gasteiger partial charge in [-0.3, -0.25) is 0 Å². The topological polar surface area (TPSA) is 38.0 Å². The number of hydrogen-bond acceptors (Lipinski definition) is 2. The number of hydrogen-bond donors (Lipinski definition) is 2. The van der Waals surface area contributed by atoms with Crippen LogP contribution in [0, 0.1) is 0 Å². The molecule has 3 rings (SSSR count). The molecule has 1 aliphatic carbocycles. The van der Waals surface area contributed by atoms with Crippen molar-refractivity contribution in [2.45, 2.75) is 18.9 Å². The maximum Gasteiger partial charge on any atom is 0.0724 e. The summed E-state index contributed by atoms with van der Waals surface area (Å²) in [5.74, 6) is 0. The van der Waals surface area contributed by atoms with E-state index in [1.807, 2.05) is 24.3 Å². The second-order valence-corrected chi connectivity index (χ2v) is 6.67. The molecule has 0 radical (unpaired) electrons. The zero-order chi connectivity index (χ0) is 14.3. The largest absolute Gasteiger partial charge is 0.399 e. The minimum Gasteiger partial charge on any atom is -0.399 e. The van der Waals surface area contributed by atoms with Crippen LogP contribution in [0.15, 0.2) is 34.8 Å². The molecule has 2 nitrogen and oxygen atoms in total.